The van der Waals surface area contributed by atoms with Gasteiger partial charge in [-0.05, 0) is 30.5 Å². The fraction of sp³-hybridized carbons (Fsp3) is 0.467. The first kappa shape index (κ1) is 16.5. The smallest absolute Gasteiger partial charge is 0.235 e. The number of amides is 1. The molecular formula is C15H19BrN2O2. The van der Waals surface area contributed by atoms with Crippen molar-refractivity contribution in [1.82, 2.24) is 5.32 Å². The van der Waals surface area contributed by atoms with Crippen LogP contribution in [0.3, 0.4) is 0 Å². The molecule has 0 aliphatic rings. The minimum absolute atomic E-state index is 0.147. The lowest BCUT2D eigenvalue weighted by Crippen LogP contribution is -2.46. The first-order valence-corrected chi connectivity index (χ1v) is 7.27. The quantitative estimate of drug-likeness (QED) is 0.839. The van der Waals surface area contributed by atoms with E-state index < -0.39 is 5.54 Å². The van der Waals surface area contributed by atoms with Crippen molar-refractivity contribution in [3.8, 4) is 11.8 Å². The van der Waals surface area contributed by atoms with E-state index in [1.54, 1.807) is 38.3 Å². The van der Waals surface area contributed by atoms with Crippen LogP contribution in [0.1, 0.15) is 26.3 Å². The summed E-state index contributed by atoms with van der Waals surface area (Å²) in [5.41, 5.74) is -0.345. The molecule has 0 saturated carbocycles. The first-order valence-electron chi connectivity index (χ1n) is 6.36. The van der Waals surface area contributed by atoms with Crippen LogP contribution in [-0.4, -0.2) is 17.8 Å². The Morgan fingerprint density at radius 1 is 1.40 bits per heavy atom. The van der Waals surface area contributed by atoms with Crippen LogP contribution in [0.4, 0.5) is 0 Å². The molecular weight excluding hydrogens is 320 g/mol. The van der Waals surface area contributed by atoms with Gasteiger partial charge in [-0.3, -0.25) is 4.79 Å². The molecule has 0 aliphatic heterocycles. The maximum atomic E-state index is 12.1. The molecule has 5 heteroatoms. The third-order valence-corrected chi connectivity index (χ3v) is 4.57. The second kappa shape index (κ2) is 6.76. The zero-order valence-corrected chi connectivity index (χ0v) is 13.7. The molecule has 0 heterocycles. The molecule has 1 amide bonds. The van der Waals surface area contributed by atoms with E-state index in [2.05, 4.69) is 27.3 Å². The van der Waals surface area contributed by atoms with Gasteiger partial charge in [0.25, 0.3) is 0 Å². The minimum atomic E-state index is -1.07. The number of methoxy groups -OCH3 is 1. The molecule has 108 valence electrons. The van der Waals surface area contributed by atoms with E-state index >= 15 is 0 Å². The van der Waals surface area contributed by atoms with E-state index in [0.29, 0.717) is 5.75 Å². The number of nitriles is 1. The van der Waals surface area contributed by atoms with Crippen molar-refractivity contribution in [2.75, 3.05) is 7.11 Å². The molecule has 0 bridgehead atoms. The van der Waals surface area contributed by atoms with Gasteiger partial charge in [-0.2, -0.15) is 5.26 Å². The topological polar surface area (TPSA) is 62.1 Å². The van der Waals surface area contributed by atoms with Crippen molar-refractivity contribution in [2.24, 2.45) is 5.92 Å². The lowest BCUT2D eigenvalue weighted by molar-refractivity contribution is -0.122. The number of benzene rings is 1. The summed E-state index contributed by atoms with van der Waals surface area (Å²) in [6.45, 7) is 5.57. The first-order chi connectivity index (χ1) is 9.34. The number of hydrogen-bond donors (Lipinski definition) is 1. The number of hydrogen-bond acceptors (Lipinski definition) is 3. The highest BCUT2D eigenvalue weighted by atomic mass is 79.9. The van der Waals surface area contributed by atoms with Crippen LogP contribution < -0.4 is 10.1 Å². The summed E-state index contributed by atoms with van der Waals surface area (Å²) in [7, 11) is 1.58. The van der Waals surface area contributed by atoms with Gasteiger partial charge in [-0.25, -0.2) is 0 Å². The lowest BCUT2D eigenvalue weighted by atomic mass is 9.93. The van der Waals surface area contributed by atoms with Crippen LogP contribution in [0.2, 0.25) is 0 Å². The van der Waals surface area contributed by atoms with E-state index in [-0.39, 0.29) is 16.7 Å². The van der Waals surface area contributed by atoms with Crippen molar-refractivity contribution >= 4 is 21.8 Å². The largest absolute Gasteiger partial charge is 0.497 e. The Balaban J connectivity index is 2.97. The highest BCUT2D eigenvalue weighted by Crippen LogP contribution is 2.24. The van der Waals surface area contributed by atoms with Gasteiger partial charge in [0, 0.05) is 0 Å². The van der Waals surface area contributed by atoms with Gasteiger partial charge >= 0.3 is 0 Å². The van der Waals surface area contributed by atoms with Crippen LogP contribution in [0.15, 0.2) is 24.3 Å². The van der Waals surface area contributed by atoms with Gasteiger partial charge in [-0.1, -0.05) is 41.9 Å². The zero-order valence-electron chi connectivity index (χ0n) is 12.1. The molecule has 0 aromatic heterocycles. The van der Waals surface area contributed by atoms with Crippen LogP contribution in [-0.2, 0) is 10.3 Å². The number of nitrogens with one attached hydrogen (secondary N) is 1. The molecule has 2 unspecified atom stereocenters. The summed E-state index contributed by atoms with van der Waals surface area (Å²) in [5.74, 6) is 0.662. The Morgan fingerprint density at radius 3 is 2.35 bits per heavy atom. The van der Waals surface area contributed by atoms with Gasteiger partial charge < -0.3 is 10.1 Å². The second-order valence-electron chi connectivity index (χ2n) is 5.10. The summed E-state index contributed by atoms with van der Waals surface area (Å²) in [4.78, 5) is 11.8. The molecule has 0 aliphatic carbocycles. The highest BCUT2D eigenvalue weighted by Gasteiger charge is 2.31. The average molecular weight is 339 g/mol. The van der Waals surface area contributed by atoms with Crippen molar-refractivity contribution in [3.05, 3.63) is 29.8 Å². The molecule has 0 fully saturated rings. The third-order valence-electron chi connectivity index (χ3n) is 3.10. The maximum Gasteiger partial charge on any atom is 0.235 e. The molecule has 1 aromatic rings. The number of nitrogens with zero attached hydrogens (tertiary/aromatic N) is 1. The summed E-state index contributed by atoms with van der Waals surface area (Å²) in [6, 6.07) is 9.26. The summed E-state index contributed by atoms with van der Waals surface area (Å²) in [6.07, 6.45) is 0. The average Bonchev–Trinajstić information content (AvgIpc) is 2.46. The Kier molecular flexibility index (Phi) is 5.58. The van der Waals surface area contributed by atoms with E-state index in [1.807, 2.05) is 13.8 Å². The van der Waals surface area contributed by atoms with Gasteiger partial charge in [0.2, 0.25) is 5.91 Å². The third kappa shape index (κ3) is 3.73. The normalized spacial score (nSPS) is 15.1. The van der Waals surface area contributed by atoms with Gasteiger partial charge in [0.15, 0.2) is 0 Å². The molecule has 4 nitrogen and oxygen atoms in total. The standard InChI is InChI=1S/C15H19BrN2O2/c1-10(2)13(16)14(19)18-15(3,9-17)11-5-7-12(20-4)8-6-11/h5-8,10,13H,1-4H3,(H,18,19). The molecule has 0 saturated heterocycles. The Labute approximate surface area is 128 Å². The van der Waals surface area contributed by atoms with Gasteiger partial charge in [-0.15, -0.1) is 0 Å². The summed E-state index contributed by atoms with van der Waals surface area (Å²) >= 11 is 3.34. The molecule has 1 N–H and O–H groups in total. The predicted octanol–water partition coefficient (Wildman–Crippen LogP) is 2.97. The van der Waals surface area contributed by atoms with Crippen LogP contribution in [0.25, 0.3) is 0 Å². The zero-order chi connectivity index (χ0) is 15.3. The predicted molar refractivity (Wildman–Crippen MR) is 81.7 cm³/mol. The molecule has 0 spiro atoms. The summed E-state index contributed by atoms with van der Waals surface area (Å²) < 4.78 is 5.09. The van der Waals surface area contributed by atoms with E-state index in [9.17, 15) is 10.1 Å². The number of ether oxygens (including phenoxy) is 1. The molecule has 20 heavy (non-hydrogen) atoms. The van der Waals surface area contributed by atoms with E-state index in [4.69, 9.17) is 4.74 Å². The van der Waals surface area contributed by atoms with Gasteiger partial charge in [0.05, 0.1) is 18.0 Å². The fourth-order valence-electron chi connectivity index (χ4n) is 1.71. The number of rotatable bonds is 5. The van der Waals surface area contributed by atoms with E-state index in [1.165, 1.54) is 0 Å². The van der Waals surface area contributed by atoms with Gasteiger partial charge in [0.1, 0.15) is 11.3 Å². The molecule has 1 rings (SSSR count). The Bertz CT molecular complexity index is 508. The minimum Gasteiger partial charge on any atom is -0.497 e. The lowest BCUT2D eigenvalue weighted by Gasteiger charge is -2.26. The fourth-order valence-corrected chi connectivity index (χ4v) is 1.82. The maximum absolute atomic E-state index is 12.1. The van der Waals surface area contributed by atoms with Crippen molar-refractivity contribution in [3.63, 3.8) is 0 Å². The second-order valence-corrected chi connectivity index (χ2v) is 6.09. The number of halogens is 1. The van der Waals surface area contributed by atoms with Crippen LogP contribution >= 0.6 is 15.9 Å². The number of carbonyl (C=O) groups is 1. The number of carbonyl (C=O) groups excluding carboxylic acids is 1. The monoisotopic (exact) mass is 338 g/mol. The summed E-state index contributed by atoms with van der Waals surface area (Å²) in [5, 5.41) is 12.2. The Morgan fingerprint density at radius 2 is 1.95 bits per heavy atom. The molecule has 1 aromatic carbocycles. The van der Waals surface area contributed by atoms with Crippen molar-refractivity contribution < 1.29 is 9.53 Å². The highest BCUT2D eigenvalue weighted by molar-refractivity contribution is 9.10. The van der Waals surface area contributed by atoms with Crippen LogP contribution in [0, 0.1) is 17.2 Å². The Hall–Kier alpha value is -1.54. The SMILES string of the molecule is COc1ccc(C(C)(C#N)NC(=O)C(Br)C(C)C)cc1. The van der Waals surface area contributed by atoms with Crippen LogP contribution in [0.5, 0.6) is 5.75 Å². The van der Waals surface area contributed by atoms with Crippen molar-refractivity contribution in [2.45, 2.75) is 31.1 Å². The van der Waals surface area contributed by atoms with E-state index in [0.717, 1.165) is 5.56 Å². The number of alkyl halides is 1. The van der Waals surface area contributed by atoms with Crippen molar-refractivity contribution in [1.29, 1.82) is 5.26 Å². The molecule has 0 radical (unpaired) electrons. The molecule has 2 atom stereocenters.